The van der Waals surface area contributed by atoms with Crippen molar-refractivity contribution in [3.05, 3.63) is 0 Å². The Bertz CT molecular complexity index is 1360. The first kappa shape index (κ1) is 62.5. The van der Waals surface area contributed by atoms with Gasteiger partial charge in [-0.05, 0) is 21.7 Å². The van der Waals surface area contributed by atoms with Crippen molar-refractivity contribution >= 4 is 134 Å². The molecule has 2 saturated heterocycles. The summed E-state index contributed by atoms with van der Waals surface area (Å²) < 4.78 is 8.35. The molecule has 4 aliphatic carbocycles. The molecule has 8 unspecified atom stereocenters. The van der Waals surface area contributed by atoms with Crippen molar-refractivity contribution in [2.45, 2.75) is 69.2 Å². The number of carboxylic acid groups (broad SMARTS) is 3. The minimum Gasteiger partial charge on any atom is -0.870 e. The minimum absolute atomic E-state index is 0. The van der Waals surface area contributed by atoms with E-state index in [-0.39, 0.29) is 75.4 Å². The Kier molecular flexibility index (Phi) is 26.7. The molecule has 2 aliphatic heterocycles. The summed E-state index contributed by atoms with van der Waals surface area (Å²) >= 11 is 9.54. The number of halogens is 5. The number of primary amides is 1. The monoisotopic (exact) mass is 1380 g/mol. The number of carbonyl (C=O) groups is 10. The number of hydrogen-bond acceptors (Lipinski definition) is 14. The van der Waals surface area contributed by atoms with Crippen LogP contribution in [0.3, 0.4) is 0 Å². The number of piperidine rings is 1. The number of esters is 4. The third-order valence-corrected chi connectivity index (χ3v) is 10.2. The fraction of sp³-hybridized carbons (Fsp3) is 0.688. The summed E-state index contributed by atoms with van der Waals surface area (Å²) in [4.78, 5) is 105. The van der Waals surface area contributed by atoms with Gasteiger partial charge < -0.3 is 47.6 Å². The number of cyclic esters (lactones) is 2. The number of amides is 3. The van der Waals surface area contributed by atoms with Crippen molar-refractivity contribution in [1.82, 2.24) is 11.5 Å². The van der Waals surface area contributed by atoms with E-state index < -0.39 is 70.3 Å². The summed E-state index contributed by atoms with van der Waals surface area (Å²) in [6.07, 6.45) is 0. The topological polar surface area (TPSA) is 384 Å². The van der Waals surface area contributed by atoms with E-state index in [2.05, 4.69) is 89.3 Å². The Balaban J connectivity index is -0.000000297. The molecule has 20 nitrogen and oxygen atoms in total. The van der Waals surface area contributed by atoms with E-state index in [4.69, 9.17) is 21.1 Å². The van der Waals surface area contributed by atoms with Crippen molar-refractivity contribution in [3.63, 3.8) is 0 Å². The van der Waals surface area contributed by atoms with Crippen LogP contribution in [0.25, 0.3) is 0 Å². The van der Waals surface area contributed by atoms with Gasteiger partial charge in [0.05, 0.1) is 47.3 Å². The third kappa shape index (κ3) is 15.7. The molecular formula is C32H50I5N3O17-2. The molecule has 25 heteroatoms. The van der Waals surface area contributed by atoms with E-state index in [9.17, 15) is 47.9 Å². The van der Waals surface area contributed by atoms with Gasteiger partial charge in [0, 0.05) is 51.1 Å². The SMILES string of the molecule is CC(=O)OC(C)=O.CC1(C)C(C(=O)O)C1C(=O)O.CC1(C)C(C(N)=O)C1C(=O)O.CC1(C)C2C(=O)NC(=O)C21.CC1(C)C2C(=O)OC(=O)C21.II.I[I-]I.N.O.[OH-]. The smallest absolute Gasteiger partial charge is 0.344 e. The molecule has 57 heavy (non-hydrogen) atoms. The third-order valence-electron chi connectivity index (χ3n) is 10.2. The Labute approximate surface area is 382 Å². The molecule has 3 amide bonds. The van der Waals surface area contributed by atoms with Gasteiger partial charge in [0.1, 0.15) is 0 Å². The van der Waals surface area contributed by atoms with E-state index in [1.165, 1.54) is 13.8 Å². The van der Waals surface area contributed by atoms with Crippen LogP contribution in [0.2, 0.25) is 0 Å². The molecule has 6 aliphatic rings. The molecule has 0 radical (unpaired) electrons. The predicted molar refractivity (Wildman–Crippen MR) is 228 cm³/mol. The van der Waals surface area contributed by atoms with E-state index >= 15 is 0 Å². The number of aliphatic carboxylic acids is 3. The van der Waals surface area contributed by atoms with Crippen molar-refractivity contribution < 1.29 is 96.9 Å². The molecule has 8 atom stereocenters. The first-order chi connectivity index (χ1) is 24.4. The van der Waals surface area contributed by atoms with Crippen LogP contribution in [0.4, 0.5) is 0 Å². The van der Waals surface area contributed by atoms with Crippen LogP contribution in [-0.2, 0) is 57.4 Å². The second-order valence-corrected chi connectivity index (χ2v) is 31.5. The zero-order valence-corrected chi connectivity index (χ0v) is 43.3. The van der Waals surface area contributed by atoms with Crippen molar-refractivity contribution in [2.75, 3.05) is 0 Å². The number of nitrogens with two attached hydrogens (primary N) is 1. The molecule has 0 aromatic rings. The number of fused-ring (bicyclic) bond motifs is 2. The fourth-order valence-corrected chi connectivity index (χ4v) is 7.03. The molecule has 6 fully saturated rings. The van der Waals surface area contributed by atoms with Gasteiger partial charge >= 0.3 is 92.3 Å². The first-order valence-corrected chi connectivity index (χ1v) is 34.6. The average Bonchev–Trinajstić information content (AvgIpc) is 3.92. The standard InChI is InChI=1S/C7H11NO3.C7H9NO2.C7H10O4.C7H8O3.C4H6O3.I3.I2.H3N.2H2O/c1-7(2)3(5(8)9)4(7)6(10)11;1-7(2)3-4(7)6(10)8-5(3)9;1-7(2)3(5(8)9)4(7)6(10)11;1-7(2)3-4(7)6(9)10-5(3)8;1-3(5)7-4(2)6;1-3-2;1-2;;;/h3-4H,1-2H3,(H2,8,9)(H,10,11);3-4H,1-2H3,(H,8,9,10);3-4H,1-2H3,(H,8,9)(H,10,11);3-4H,1-2H3;1-2H3;;;1H3;2*1H2/q;;;;;-1;;;;/p-1. The number of carbonyl (C=O) groups excluding carboxylic acids is 7. The maximum atomic E-state index is 10.9. The number of rotatable bonds is 4. The molecule has 2 heterocycles. The van der Waals surface area contributed by atoms with Gasteiger partial charge in [0.15, 0.2) is 0 Å². The van der Waals surface area contributed by atoms with Crippen LogP contribution in [0, 0.1) is 69.0 Å². The second kappa shape index (κ2) is 24.3. The van der Waals surface area contributed by atoms with Crippen LogP contribution < -0.4 is 30.5 Å². The minimum atomic E-state index is -1.01. The van der Waals surface area contributed by atoms with Gasteiger partial charge in [0.2, 0.25) is 17.7 Å². The van der Waals surface area contributed by atoms with Gasteiger partial charge in [-0.15, -0.1) is 0 Å². The normalized spacial score (nSPS) is 28.5. The molecule has 332 valence electrons. The predicted octanol–water partition coefficient (Wildman–Crippen LogP) is 0.317. The van der Waals surface area contributed by atoms with Crippen molar-refractivity contribution in [3.8, 4) is 0 Å². The van der Waals surface area contributed by atoms with E-state index in [0.717, 1.165) is 0 Å². The summed E-state index contributed by atoms with van der Waals surface area (Å²) in [6.45, 7) is 16.9. The summed E-state index contributed by atoms with van der Waals surface area (Å²) in [7, 11) is 0. The Morgan fingerprint density at radius 1 is 0.632 bits per heavy atom. The largest absolute Gasteiger partial charge is 0.870 e. The quantitative estimate of drug-likeness (QED) is 0.0955. The van der Waals surface area contributed by atoms with Gasteiger partial charge in [-0.1, -0.05) is 55.4 Å². The molecule has 6 rings (SSSR count). The van der Waals surface area contributed by atoms with E-state index in [1.807, 2.05) is 27.7 Å². The summed E-state index contributed by atoms with van der Waals surface area (Å²) in [6, 6.07) is 0. The number of nitrogens with one attached hydrogen (secondary N) is 1. The molecule has 0 spiro atoms. The van der Waals surface area contributed by atoms with Crippen molar-refractivity contribution in [2.24, 2.45) is 74.7 Å². The van der Waals surface area contributed by atoms with Gasteiger partial charge in [-0.25, -0.2) is 0 Å². The van der Waals surface area contributed by atoms with Gasteiger partial charge in [-0.2, -0.15) is 0 Å². The van der Waals surface area contributed by atoms with Crippen LogP contribution in [0.1, 0.15) is 69.2 Å². The van der Waals surface area contributed by atoms with Crippen LogP contribution >= 0.6 is 74.5 Å². The van der Waals surface area contributed by atoms with Crippen LogP contribution in [0.15, 0.2) is 0 Å². The number of hydrogen-bond donors (Lipinski definition) is 6. The molecule has 0 aromatic heterocycles. The molecular weight excluding hydrogens is 1330 g/mol. The van der Waals surface area contributed by atoms with Crippen molar-refractivity contribution in [1.29, 1.82) is 0 Å². The van der Waals surface area contributed by atoms with Gasteiger partial charge in [-0.3, -0.25) is 53.3 Å². The molecule has 12 N–H and O–H groups in total. The Morgan fingerprint density at radius 3 is 0.982 bits per heavy atom. The van der Waals surface area contributed by atoms with Gasteiger partial charge in [0.25, 0.3) is 0 Å². The summed E-state index contributed by atoms with van der Waals surface area (Å²) in [5.41, 5.74) is 3.81. The molecule has 4 saturated carbocycles. The first-order valence-electron chi connectivity index (χ1n) is 15.7. The fourth-order valence-electron chi connectivity index (χ4n) is 7.03. The second-order valence-electron chi connectivity index (χ2n) is 15.3. The summed E-state index contributed by atoms with van der Waals surface area (Å²) in [5, 5.41) is 28.0. The number of carboxylic acids is 3. The average molecular weight is 1380 g/mol. The van der Waals surface area contributed by atoms with E-state index in [0.29, 0.717) is 13.3 Å². The van der Waals surface area contributed by atoms with Crippen LogP contribution in [0.5, 0.6) is 0 Å². The van der Waals surface area contributed by atoms with Crippen LogP contribution in [-0.4, -0.2) is 85.8 Å². The Hall–Kier alpha value is -1.17. The zero-order chi connectivity index (χ0) is 43.2. The zero-order valence-electron chi connectivity index (χ0n) is 32.5. The Morgan fingerprint density at radius 2 is 0.877 bits per heavy atom. The number of imide groups is 1. The summed E-state index contributed by atoms with van der Waals surface area (Å²) in [5.74, 6) is -8.24. The van der Waals surface area contributed by atoms with E-state index in [1.54, 1.807) is 27.7 Å². The maximum Gasteiger partial charge on any atom is -0.344 e. The maximum absolute atomic E-state index is 10.9. The molecule has 0 aromatic carbocycles. The molecule has 0 bridgehead atoms. The number of ether oxygens (including phenoxy) is 2.